The number of nitrogens with zero attached hydrogens (tertiary/aromatic N) is 3. The first kappa shape index (κ1) is 29.5. The van der Waals surface area contributed by atoms with Gasteiger partial charge in [0.15, 0.2) is 9.84 Å². The summed E-state index contributed by atoms with van der Waals surface area (Å²) in [4.78, 5) is 35.6. The van der Waals surface area contributed by atoms with Gasteiger partial charge in [0.1, 0.15) is 11.9 Å². The molecule has 6 rings (SSSR count). The molecule has 2 aliphatic heterocycles. The minimum Gasteiger partial charge on any atom is -0.465 e. The van der Waals surface area contributed by atoms with E-state index in [4.69, 9.17) is 4.74 Å². The van der Waals surface area contributed by atoms with Crippen LogP contribution in [0.3, 0.4) is 0 Å². The van der Waals surface area contributed by atoms with Crippen LogP contribution in [0.1, 0.15) is 27.8 Å². The number of aromatic nitrogens is 2. The largest absolute Gasteiger partial charge is 0.465 e. The van der Waals surface area contributed by atoms with Crippen LogP contribution in [-0.2, 0) is 21.1 Å². The van der Waals surface area contributed by atoms with Crippen molar-refractivity contribution in [3.8, 4) is 22.4 Å². The Kier molecular flexibility index (Phi) is 8.47. The van der Waals surface area contributed by atoms with E-state index in [1.54, 1.807) is 18.3 Å². The van der Waals surface area contributed by atoms with Crippen LogP contribution in [0.15, 0.2) is 79.0 Å². The predicted octanol–water partition coefficient (Wildman–Crippen LogP) is 4.28. The summed E-state index contributed by atoms with van der Waals surface area (Å²) in [5.74, 6) is 0.740. The number of carbonyl (C=O) groups is 2. The van der Waals surface area contributed by atoms with Crippen molar-refractivity contribution in [1.29, 1.82) is 0 Å². The van der Waals surface area contributed by atoms with E-state index in [0.29, 0.717) is 49.9 Å². The Morgan fingerprint density at radius 3 is 2.20 bits per heavy atom. The first-order valence-electron chi connectivity index (χ1n) is 14.4. The fourth-order valence-corrected chi connectivity index (χ4v) is 6.71. The third-order valence-electron chi connectivity index (χ3n) is 8.02. The normalized spacial score (nSPS) is 18.5. The smallest absolute Gasteiger partial charge is 0.408 e. The number of carboxylic acid groups (broad SMARTS) is 1. The molecule has 0 saturated carbocycles. The number of benzene rings is 3. The zero-order chi connectivity index (χ0) is 30.7. The van der Waals surface area contributed by atoms with Gasteiger partial charge in [-0.2, -0.15) is 0 Å². The molecule has 0 bridgehead atoms. The number of morpholine rings is 1. The van der Waals surface area contributed by atoms with Crippen LogP contribution in [-0.4, -0.2) is 89.6 Å². The van der Waals surface area contributed by atoms with Crippen molar-refractivity contribution < 1.29 is 27.9 Å². The summed E-state index contributed by atoms with van der Waals surface area (Å²) in [5, 5.41) is 12.4. The molecule has 2 amide bonds. The maximum atomic E-state index is 12.9. The van der Waals surface area contributed by atoms with Crippen LogP contribution in [0.5, 0.6) is 0 Å². The maximum absolute atomic E-state index is 12.9. The predicted molar refractivity (Wildman–Crippen MR) is 166 cm³/mol. The fraction of sp³-hybridized carbons (Fsp3) is 0.281. The lowest BCUT2D eigenvalue weighted by Gasteiger charge is -2.31. The molecule has 12 heteroatoms. The number of carbonyl (C=O) groups excluding carboxylic acids is 1. The Morgan fingerprint density at radius 1 is 0.909 bits per heavy atom. The lowest BCUT2D eigenvalue weighted by Crippen LogP contribution is -2.43. The number of H-pyrrole nitrogens is 1. The minimum atomic E-state index is -2.90. The van der Waals surface area contributed by atoms with Gasteiger partial charge in [-0.25, -0.2) is 18.2 Å². The Labute approximate surface area is 255 Å². The van der Waals surface area contributed by atoms with Gasteiger partial charge in [-0.3, -0.25) is 14.6 Å². The second-order valence-corrected chi connectivity index (χ2v) is 13.3. The van der Waals surface area contributed by atoms with Crippen LogP contribution in [0.4, 0.5) is 10.5 Å². The van der Waals surface area contributed by atoms with Crippen LogP contribution in [0.2, 0.25) is 0 Å². The van der Waals surface area contributed by atoms with Gasteiger partial charge in [0.25, 0.3) is 5.91 Å². The van der Waals surface area contributed by atoms with Crippen molar-refractivity contribution in [3.63, 3.8) is 0 Å². The van der Waals surface area contributed by atoms with Gasteiger partial charge < -0.3 is 20.1 Å². The molecule has 1 atom stereocenters. The van der Waals surface area contributed by atoms with Crippen molar-refractivity contribution in [2.75, 3.05) is 49.7 Å². The summed E-state index contributed by atoms with van der Waals surface area (Å²) in [5.41, 5.74) is 5.94. The summed E-state index contributed by atoms with van der Waals surface area (Å²) in [6, 6.07) is 22.5. The zero-order valence-corrected chi connectivity index (χ0v) is 24.8. The lowest BCUT2D eigenvalue weighted by molar-refractivity contribution is -0.00350. The zero-order valence-electron chi connectivity index (χ0n) is 24.0. The minimum absolute atomic E-state index is 0.199. The Balaban J connectivity index is 1.05. The molecule has 3 heterocycles. The molecule has 3 aromatic carbocycles. The Bertz CT molecular complexity index is 1720. The molecule has 228 valence electrons. The van der Waals surface area contributed by atoms with Crippen LogP contribution in [0, 0.1) is 0 Å². The summed E-state index contributed by atoms with van der Waals surface area (Å²) < 4.78 is 28.8. The SMILES string of the molecule is O=C(Nc1ccc(CN2CCS(=O)(=O)CC2)cc1)c1ccc(-c2ccc(-c3cnc([C@@H]4COCCN4C(=O)O)[nH]3)cc2)cc1. The van der Waals surface area contributed by atoms with Gasteiger partial charge in [-0.1, -0.05) is 48.5 Å². The molecule has 0 spiro atoms. The molecule has 4 aromatic rings. The molecular weight excluding hydrogens is 582 g/mol. The number of hydrogen-bond acceptors (Lipinski definition) is 7. The highest BCUT2D eigenvalue weighted by molar-refractivity contribution is 7.91. The fourth-order valence-electron chi connectivity index (χ4n) is 5.43. The molecule has 3 N–H and O–H groups in total. The van der Waals surface area contributed by atoms with E-state index in [1.165, 1.54) is 4.90 Å². The second kappa shape index (κ2) is 12.6. The molecule has 2 saturated heterocycles. The van der Waals surface area contributed by atoms with Crippen molar-refractivity contribution in [3.05, 3.63) is 95.9 Å². The van der Waals surface area contributed by atoms with Gasteiger partial charge in [0, 0.05) is 37.4 Å². The molecule has 11 nitrogen and oxygen atoms in total. The standard InChI is InChI=1S/C32H33N5O6S/c38-31(34-27-11-1-22(2-12-27)20-36-14-17-44(41,42)18-15-36)26-9-5-24(6-10-26)23-3-7-25(8-4-23)28-19-33-30(35-28)29-21-43-16-13-37(29)32(39)40/h1-12,19,29H,13-18,20-21H2,(H,33,35)(H,34,38)(H,39,40)/t29-/m0/s1. The Morgan fingerprint density at radius 2 is 1.55 bits per heavy atom. The van der Waals surface area contributed by atoms with Gasteiger partial charge in [0.05, 0.1) is 36.6 Å². The van der Waals surface area contributed by atoms with Crippen molar-refractivity contribution >= 4 is 27.5 Å². The number of amides is 2. The molecule has 44 heavy (non-hydrogen) atoms. The summed E-state index contributed by atoms with van der Waals surface area (Å²) in [6.07, 6.45) is 0.702. The van der Waals surface area contributed by atoms with E-state index in [0.717, 1.165) is 27.9 Å². The van der Waals surface area contributed by atoms with E-state index >= 15 is 0 Å². The van der Waals surface area contributed by atoms with E-state index in [2.05, 4.69) is 20.2 Å². The van der Waals surface area contributed by atoms with E-state index in [-0.39, 0.29) is 24.0 Å². The van der Waals surface area contributed by atoms with E-state index in [9.17, 15) is 23.1 Å². The highest BCUT2D eigenvalue weighted by Crippen LogP contribution is 2.28. The number of anilines is 1. The van der Waals surface area contributed by atoms with Crippen LogP contribution < -0.4 is 5.32 Å². The summed E-state index contributed by atoms with van der Waals surface area (Å²) in [7, 11) is -2.90. The summed E-state index contributed by atoms with van der Waals surface area (Å²) in [6.45, 7) is 2.69. The molecule has 0 unspecified atom stereocenters. The van der Waals surface area contributed by atoms with E-state index in [1.807, 2.05) is 60.7 Å². The number of hydrogen-bond donors (Lipinski definition) is 3. The number of rotatable bonds is 7. The molecule has 0 radical (unpaired) electrons. The Hall–Kier alpha value is -4.52. The number of sulfone groups is 1. The monoisotopic (exact) mass is 615 g/mol. The lowest BCUT2D eigenvalue weighted by atomic mass is 10.0. The third-order valence-corrected chi connectivity index (χ3v) is 9.63. The molecular formula is C32H33N5O6S. The highest BCUT2D eigenvalue weighted by Gasteiger charge is 2.30. The topological polar surface area (TPSA) is 145 Å². The van der Waals surface area contributed by atoms with Crippen LogP contribution >= 0.6 is 0 Å². The van der Waals surface area contributed by atoms with Gasteiger partial charge in [-0.15, -0.1) is 0 Å². The van der Waals surface area contributed by atoms with Gasteiger partial charge >= 0.3 is 6.09 Å². The third kappa shape index (κ3) is 6.83. The average molecular weight is 616 g/mol. The van der Waals surface area contributed by atoms with Crippen molar-refractivity contribution in [2.45, 2.75) is 12.6 Å². The quantitative estimate of drug-likeness (QED) is 0.280. The van der Waals surface area contributed by atoms with Crippen LogP contribution in [0.25, 0.3) is 22.4 Å². The number of imidazole rings is 1. The first-order valence-corrected chi connectivity index (χ1v) is 16.2. The maximum Gasteiger partial charge on any atom is 0.408 e. The average Bonchev–Trinajstić information content (AvgIpc) is 3.53. The van der Waals surface area contributed by atoms with E-state index < -0.39 is 22.0 Å². The number of aromatic amines is 1. The van der Waals surface area contributed by atoms with Crippen molar-refractivity contribution in [2.24, 2.45) is 0 Å². The van der Waals surface area contributed by atoms with Gasteiger partial charge in [0.2, 0.25) is 0 Å². The number of nitrogens with one attached hydrogen (secondary N) is 2. The molecule has 1 aromatic heterocycles. The molecule has 0 aliphatic carbocycles. The molecule has 2 aliphatic rings. The highest BCUT2D eigenvalue weighted by atomic mass is 32.2. The first-order chi connectivity index (χ1) is 21.2. The second-order valence-electron chi connectivity index (χ2n) is 11.0. The van der Waals surface area contributed by atoms with Gasteiger partial charge in [-0.05, 0) is 46.5 Å². The summed E-state index contributed by atoms with van der Waals surface area (Å²) >= 11 is 0. The van der Waals surface area contributed by atoms with Crippen molar-refractivity contribution in [1.82, 2.24) is 19.8 Å². The molecule has 2 fully saturated rings. The number of ether oxygens (including phenoxy) is 1.